The Kier molecular flexibility index (Phi) is 7.31. The fraction of sp³-hybridized carbons (Fsp3) is 0.407. The molecule has 0 saturated heterocycles. The van der Waals surface area contributed by atoms with Crippen molar-refractivity contribution in [1.82, 2.24) is 9.80 Å². The van der Waals surface area contributed by atoms with Gasteiger partial charge in [0.15, 0.2) is 5.43 Å². The van der Waals surface area contributed by atoms with E-state index in [1.807, 2.05) is 13.0 Å². The summed E-state index contributed by atoms with van der Waals surface area (Å²) in [6.07, 6.45) is 0. The average Bonchev–Trinajstić information content (AvgIpc) is 3.15. The largest absolute Gasteiger partial charge is 0.497 e. The molecule has 2 aromatic carbocycles. The molecule has 0 aliphatic carbocycles. The summed E-state index contributed by atoms with van der Waals surface area (Å²) in [7, 11) is 3.15. The van der Waals surface area contributed by atoms with E-state index in [4.69, 9.17) is 18.6 Å². The van der Waals surface area contributed by atoms with Crippen LogP contribution in [0.15, 0.2) is 45.6 Å². The molecule has 0 fully saturated rings. The number of amides is 1. The van der Waals surface area contributed by atoms with Crippen molar-refractivity contribution in [3.63, 3.8) is 0 Å². The molecule has 8 heteroatoms. The monoisotopic (exact) mass is 480 g/mol. The van der Waals surface area contributed by atoms with Gasteiger partial charge in [0.2, 0.25) is 5.76 Å². The van der Waals surface area contributed by atoms with Crippen molar-refractivity contribution < 1.29 is 23.4 Å². The lowest BCUT2D eigenvalue weighted by atomic mass is 9.97. The summed E-state index contributed by atoms with van der Waals surface area (Å²) in [6.45, 7) is 9.34. The molecule has 0 bridgehead atoms. The molecule has 1 aliphatic heterocycles. The minimum Gasteiger partial charge on any atom is -0.497 e. The number of carbonyl (C=O) groups excluding carboxylic acids is 1. The zero-order chi connectivity index (χ0) is 25.1. The lowest BCUT2D eigenvalue weighted by molar-refractivity contribution is 0.0706. The molecule has 1 amide bonds. The molecule has 2 heterocycles. The van der Waals surface area contributed by atoms with Gasteiger partial charge in [-0.2, -0.15) is 0 Å². The van der Waals surface area contributed by atoms with Gasteiger partial charge in [-0.05, 0) is 50.3 Å². The van der Waals surface area contributed by atoms with Gasteiger partial charge in [0.25, 0.3) is 5.91 Å². The first-order chi connectivity index (χ1) is 17.0. The fourth-order valence-electron chi connectivity index (χ4n) is 4.65. The highest BCUT2D eigenvalue weighted by Crippen LogP contribution is 2.42. The van der Waals surface area contributed by atoms with Crippen LogP contribution in [-0.4, -0.2) is 62.7 Å². The molecular formula is C27H32N2O6. The van der Waals surface area contributed by atoms with E-state index in [0.717, 1.165) is 13.1 Å². The highest BCUT2D eigenvalue weighted by molar-refractivity contribution is 5.99. The zero-order valence-corrected chi connectivity index (χ0v) is 20.9. The standard InChI is InChI=1S/C27H32N2O6/c1-6-28(7-2)13-14-29-24(20-15-17(32-4)10-12-21(20)33-5)23-25(30)19-11-9-18(34-8-3)16-22(19)35-26(23)27(29)31/h9-12,15-16,24H,6-8,13-14H2,1-5H3. The molecule has 8 nitrogen and oxygen atoms in total. The van der Waals surface area contributed by atoms with E-state index in [9.17, 15) is 9.59 Å². The predicted molar refractivity (Wildman–Crippen MR) is 134 cm³/mol. The van der Waals surface area contributed by atoms with Crippen LogP contribution in [0.5, 0.6) is 17.2 Å². The van der Waals surface area contributed by atoms with E-state index in [1.165, 1.54) is 0 Å². The number of hydrogen-bond acceptors (Lipinski definition) is 7. The summed E-state index contributed by atoms with van der Waals surface area (Å²) < 4.78 is 22.8. The van der Waals surface area contributed by atoms with E-state index in [0.29, 0.717) is 59.0 Å². The quantitative estimate of drug-likeness (QED) is 0.432. The molecule has 186 valence electrons. The Bertz CT molecular complexity index is 1280. The summed E-state index contributed by atoms with van der Waals surface area (Å²) in [5, 5.41) is 0.400. The first kappa shape index (κ1) is 24.6. The summed E-state index contributed by atoms with van der Waals surface area (Å²) in [6, 6.07) is 9.83. The molecular weight excluding hydrogens is 448 g/mol. The minimum atomic E-state index is -0.662. The Labute approximate surface area is 205 Å². The van der Waals surface area contributed by atoms with Crippen LogP contribution >= 0.6 is 0 Å². The predicted octanol–water partition coefficient (Wildman–Crippen LogP) is 4.10. The number of hydrogen-bond donors (Lipinski definition) is 0. The number of methoxy groups -OCH3 is 2. The van der Waals surface area contributed by atoms with Gasteiger partial charge < -0.3 is 28.4 Å². The molecule has 0 spiro atoms. The van der Waals surface area contributed by atoms with Crippen molar-refractivity contribution >= 4 is 16.9 Å². The van der Waals surface area contributed by atoms with Gasteiger partial charge in [-0.1, -0.05) is 13.8 Å². The van der Waals surface area contributed by atoms with Crippen molar-refractivity contribution in [3.8, 4) is 17.2 Å². The van der Waals surface area contributed by atoms with Gasteiger partial charge in [-0.15, -0.1) is 0 Å². The summed E-state index contributed by atoms with van der Waals surface area (Å²) >= 11 is 0. The molecule has 1 aromatic heterocycles. The molecule has 1 atom stereocenters. The Morgan fingerprint density at radius 1 is 0.971 bits per heavy atom. The third kappa shape index (κ3) is 4.46. The second-order valence-electron chi connectivity index (χ2n) is 8.30. The third-order valence-corrected chi connectivity index (χ3v) is 6.53. The first-order valence-electron chi connectivity index (χ1n) is 12.0. The molecule has 4 rings (SSSR count). The molecule has 1 unspecified atom stereocenters. The maximum atomic E-state index is 13.8. The van der Waals surface area contributed by atoms with E-state index in [1.54, 1.807) is 49.5 Å². The van der Waals surface area contributed by atoms with Crippen LogP contribution in [0.25, 0.3) is 11.0 Å². The van der Waals surface area contributed by atoms with E-state index < -0.39 is 6.04 Å². The third-order valence-electron chi connectivity index (χ3n) is 6.53. The van der Waals surface area contributed by atoms with Crippen molar-refractivity contribution in [1.29, 1.82) is 0 Å². The molecule has 0 radical (unpaired) electrons. The van der Waals surface area contributed by atoms with Crippen molar-refractivity contribution in [2.45, 2.75) is 26.8 Å². The maximum Gasteiger partial charge on any atom is 0.290 e. The molecule has 3 aromatic rings. The van der Waals surface area contributed by atoms with Gasteiger partial charge in [-0.3, -0.25) is 9.59 Å². The fourth-order valence-corrected chi connectivity index (χ4v) is 4.65. The number of nitrogens with zero attached hydrogens (tertiary/aromatic N) is 2. The van der Waals surface area contributed by atoms with Crippen molar-refractivity contribution in [3.05, 3.63) is 63.5 Å². The highest BCUT2D eigenvalue weighted by atomic mass is 16.5. The normalized spacial score (nSPS) is 15.1. The van der Waals surface area contributed by atoms with Crippen LogP contribution in [0, 0.1) is 0 Å². The van der Waals surface area contributed by atoms with Gasteiger partial charge in [0.1, 0.15) is 22.8 Å². The van der Waals surface area contributed by atoms with E-state index in [-0.39, 0.29) is 17.1 Å². The van der Waals surface area contributed by atoms with Crippen LogP contribution in [-0.2, 0) is 0 Å². The van der Waals surface area contributed by atoms with Crippen molar-refractivity contribution in [2.24, 2.45) is 0 Å². The van der Waals surface area contributed by atoms with Gasteiger partial charge in [-0.25, -0.2) is 0 Å². The van der Waals surface area contributed by atoms with Gasteiger partial charge in [0.05, 0.1) is 37.8 Å². The molecule has 0 N–H and O–H groups in total. The SMILES string of the molecule is CCOc1ccc2c(=O)c3c(oc2c1)C(=O)N(CCN(CC)CC)C3c1cc(OC)ccc1OC. The molecule has 1 aliphatic rings. The van der Waals surface area contributed by atoms with Crippen molar-refractivity contribution in [2.75, 3.05) is 47.0 Å². The first-order valence-corrected chi connectivity index (χ1v) is 12.0. The van der Waals surface area contributed by atoms with Gasteiger partial charge in [0, 0.05) is 24.7 Å². The summed E-state index contributed by atoms with van der Waals surface area (Å²) in [4.78, 5) is 31.4. The second kappa shape index (κ2) is 10.4. The van der Waals surface area contributed by atoms with E-state index >= 15 is 0 Å². The number of carbonyl (C=O) groups is 1. The Morgan fingerprint density at radius 2 is 1.71 bits per heavy atom. The number of ether oxygens (including phenoxy) is 3. The topological polar surface area (TPSA) is 81.5 Å². The Morgan fingerprint density at radius 3 is 2.37 bits per heavy atom. The zero-order valence-electron chi connectivity index (χ0n) is 20.9. The van der Waals surface area contributed by atoms with Crippen LogP contribution < -0.4 is 19.6 Å². The highest BCUT2D eigenvalue weighted by Gasteiger charge is 2.44. The van der Waals surface area contributed by atoms with Gasteiger partial charge >= 0.3 is 0 Å². The molecule has 35 heavy (non-hydrogen) atoms. The summed E-state index contributed by atoms with van der Waals surface area (Å²) in [5.41, 5.74) is 1.08. The number of fused-ring (bicyclic) bond motifs is 2. The Hall–Kier alpha value is -3.52. The number of benzene rings is 2. The van der Waals surface area contributed by atoms with Crippen LogP contribution in [0.2, 0.25) is 0 Å². The van der Waals surface area contributed by atoms with E-state index in [2.05, 4.69) is 18.7 Å². The minimum absolute atomic E-state index is 0.0607. The number of likely N-dealkylation sites (N-methyl/N-ethyl adjacent to an activating group) is 1. The average molecular weight is 481 g/mol. The Balaban J connectivity index is 1.92. The smallest absolute Gasteiger partial charge is 0.290 e. The van der Waals surface area contributed by atoms with Crippen LogP contribution in [0.4, 0.5) is 0 Å². The molecule has 0 saturated carbocycles. The maximum absolute atomic E-state index is 13.8. The lowest BCUT2D eigenvalue weighted by Crippen LogP contribution is -2.38. The van der Waals surface area contributed by atoms with Crippen LogP contribution in [0.3, 0.4) is 0 Å². The summed E-state index contributed by atoms with van der Waals surface area (Å²) in [5.74, 6) is 1.50. The lowest BCUT2D eigenvalue weighted by Gasteiger charge is -2.29. The van der Waals surface area contributed by atoms with Crippen LogP contribution in [0.1, 0.15) is 48.5 Å². The second-order valence-corrected chi connectivity index (χ2v) is 8.30. The number of rotatable bonds is 10.